The number of hydrogen-bond acceptors (Lipinski definition) is 4. The second-order valence-electron chi connectivity index (χ2n) is 6.97. The summed E-state index contributed by atoms with van der Waals surface area (Å²) in [5.74, 6) is -0.269. The van der Waals surface area contributed by atoms with E-state index in [0.29, 0.717) is 11.6 Å². The maximum absolute atomic E-state index is 12.5. The molecule has 1 aliphatic rings. The van der Waals surface area contributed by atoms with Crippen LogP contribution in [0.4, 0.5) is 0 Å². The fourth-order valence-corrected chi connectivity index (χ4v) is 4.11. The van der Waals surface area contributed by atoms with Crippen LogP contribution in [0, 0.1) is 20.8 Å². The zero-order valence-electron chi connectivity index (χ0n) is 15.3. The summed E-state index contributed by atoms with van der Waals surface area (Å²) in [6, 6.07) is 10.8. The highest BCUT2D eigenvalue weighted by Crippen LogP contribution is 2.38. The van der Waals surface area contributed by atoms with E-state index in [1.165, 1.54) is 18.4 Å². The number of benzene rings is 1. The van der Waals surface area contributed by atoms with Crippen LogP contribution in [-0.4, -0.2) is 15.5 Å². The number of carbonyl (C=O) groups is 1. The van der Waals surface area contributed by atoms with Crippen LogP contribution in [0.2, 0.25) is 0 Å². The van der Waals surface area contributed by atoms with Gasteiger partial charge in [0, 0.05) is 28.4 Å². The summed E-state index contributed by atoms with van der Waals surface area (Å²) in [6.07, 6.45) is 2.40. The highest BCUT2D eigenvalue weighted by atomic mass is 32.1. The van der Waals surface area contributed by atoms with E-state index in [2.05, 4.69) is 47.7 Å². The Balaban J connectivity index is 1.44. The second kappa shape index (κ2) is 6.72. The smallest absolute Gasteiger partial charge is 0.340 e. The summed E-state index contributed by atoms with van der Waals surface area (Å²) >= 11 is 1.57. The molecule has 0 radical (unpaired) electrons. The van der Waals surface area contributed by atoms with Gasteiger partial charge < -0.3 is 9.30 Å². The first-order valence-electron chi connectivity index (χ1n) is 8.90. The molecule has 0 unspecified atom stereocenters. The number of nitrogens with zero attached hydrogens (tertiary/aromatic N) is 2. The Morgan fingerprint density at radius 2 is 1.96 bits per heavy atom. The van der Waals surface area contributed by atoms with Crippen LogP contribution in [0.25, 0.3) is 10.6 Å². The summed E-state index contributed by atoms with van der Waals surface area (Å²) in [4.78, 5) is 17.1. The van der Waals surface area contributed by atoms with Gasteiger partial charge in [-0.2, -0.15) is 0 Å². The van der Waals surface area contributed by atoms with E-state index >= 15 is 0 Å². The fraction of sp³-hybridized carbons (Fsp3) is 0.333. The minimum Gasteiger partial charge on any atom is -0.455 e. The second-order valence-corrected chi connectivity index (χ2v) is 7.83. The van der Waals surface area contributed by atoms with Crippen LogP contribution in [-0.2, 0) is 11.3 Å². The van der Waals surface area contributed by atoms with Crippen molar-refractivity contribution in [2.75, 3.05) is 0 Å². The van der Waals surface area contributed by atoms with E-state index in [4.69, 9.17) is 4.74 Å². The van der Waals surface area contributed by atoms with Gasteiger partial charge in [0.1, 0.15) is 11.6 Å². The van der Waals surface area contributed by atoms with Crippen LogP contribution in [0.5, 0.6) is 0 Å². The van der Waals surface area contributed by atoms with Crippen molar-refractivity contribution < 1.29 is 9.53 Å². The van der Waals surface area contributed by atoms with E-state index < -0.39 is 0 Å². The zero-order valence-corrected chi connectivity index (χ0v) is 16.1. The van der Waals surface area contributed by atoms with E-state index in [1.807, 2.05) is 18.4 Å². The van der Waals surface area contributed by atoms with Crippen LogP contribution in [0.15, 0.2) is 35.7 Å². The molecular formula is C21H22N2O2S. The third-order valence-corrected chi connectivity index (χ3v) is 5.76. The molecular weight excluding hydrogens is 344 g/mol. The van der Waals surface area contributed by atoms with Crippen molar-refractivity contribution in [1.29, 1.82) is 0 Å². The normalized spacial score (nSPS) is 13.8. The molecule has 2 aromatic heterocycles. The molecule has 1 fully saturated rings. The molecule has 5 heteroatoms. The summed E-state index contributed by atoms with van der Waals surface area (Å²) < 4.78 is 7.78. The maximum Gasteiger partial charge on any atom is 0.340 e. The highest BCUT2D eigenvalue weighted by Gasteiger charge is 2.28. The lowest BCUT2D eigenvalue weighted by molar-refractivity contribution is 0.0467. The summed E-state index contributed by atoms with van der Waals surface area (Å²) in [6.45, 7) is 6.32. The topological polar surface area (TPSA) is 44.1 Å². The molecule has 2 heterocycles. The van der Waals surface area contributed by atoms with Crippen molar-refractivity contribution in [2.24, 2.45) is 0 Å². The molecule has 1 aromatic carbocycles. The highest BCUT2D eigenvalue weighted by molar-refractivity contribution is 7.13. The lowest BCUT2D eigenvalue weighted by Gasteiger charge is -2.07. The quantitative estimate of drug-likeness (QED) is 0.581. The maximum atomic E-state index is 12.5. The Hall–Kier alpha value is -2.40. The van der Waals surface area contributed by atoms with Crippen LogP contribution in [0.1, 0.15) is 51.9 Å². The SMILES string of the molecule is Cc1ccc(-c2nc(COC(=O)c3cc(C)n(C4CC4)c3C)cs2)cc1. The molecule has 134 valence electrons. The predicted molar refractivity (Wildman–Crippen MR) is 104 cm³/mol. The Labute approximate surface area is 157 Å². The molecule has 4 nitrogen and oxygen atoms in total. The Morgan fingerprint density at radius 3 is 2.65 bits per heavy atom. The number of aromatic nitrogens is 2. The van der Waals surface area contributed by atoms with E-state index in [1.54, 1.807) is 11.3 Å². The molecule has 26 heavy (non-hydrogen) atoms. The minimum absolute atomic E-state index is 0.203. The van der Waals surface area contributed by atoms with E-state index in [-0.39, 0.29) is 12.6 Å². The number of thiazole rings is 1. The first-order chi connectivity index (χ1) is 12.5. The molecule has 4 rings (SSSR count). The lowest BCUT2D eigenvalue weighted by Crippen LogP contribution is -2.07. The van der Waals surface area contributed by atoms with Crippen molar-refractivity contribution in [3.05, 3.63) is 63.9 Å². The van der Waals surface area contributed by atoms with Crippen LogP contribution >= 0.6 is 11.3 Å². The van der Waals surface area contributed by atoms with Gasteiger partial charge in [-0.1, -0.05) is 29.8 Å². The standard InChI is InChI=1S/C21H22N2O2S/c1-13-4-6-16(7-5-13)20-22-17(12-26-20)11-25-21(24)19-10-14(2)23(15(19)3)18-8-9-18/h4-7,10,12,18H,8-9,11H2,1-3H3. The summed E-state index contributed by atoms with van der Waals surface area (Å²) in [5.41, 5.74) is 5.91. The van der Waals surface area contributed by atoms with Crippen molar-refractivity contribution in [1.82, 2.24) is 9.55 Å². The summed E-state index contributed by atoms with van der Waals surface area (Å²) in [5, 5.41) is 2.90. The zero-order chi connectivity index (χ0) is 18.3. The van der Waals surface area contributed by atoms with Crippen molar-refractivity contribution in [3.8, 4) is 10.6 Å². The monoisotopic (exact) mass is 366 g/mol. The van der Waals surface area contributed by atoms with Gasteiger partial charge in [0.15, 0.2) is 0 Å². The average Bonchev–Trinajstić information content (AvgIpc) is 3.26. The van der Waals surface area contributed by atoms with Gasteiger partial charge in [-0.25, -0.2) is 9.78 Å². The van der Waals surface area contributed by atoms with Crippen LogP contribution in [0.3, 0.4) is 0 Å². The summed E-state index contributed by atoms with van der Waals surface area (Å²) in [7, 11) is 0. The molecule has 0 amide bonds. The number of ether oxygens (including phenoxy) is 1. The van der Waals surface area contributed by atoms with Crippen molar-refractivity contribution in [3.63, 3.8) is 0 Å². The Bertz CT molecular complexity index is 949. The van der Waals surface area contributed by atoms with Gasteiger partial charge in [-0.3, -0.25) is 0 Å². The fourth-order valence-electron chi connectivity index (χ4n) is 3.30. The Kier molecular flexibility index (Phi) is 4.41. The Morgan fingerprint density at radius 1 is 1.23 bits per heavy atom. The lowest BCUT2D eigenvalue weighted by atomic mass is 10.2. The first kappa shape index (κ1) is 17.0. The molecule has 0 spiro atoms. The number of hydrogen-bond donors (Lipinski definition) is 0. The first-order valence-corrected chi connectivity index (χ1v) is 9.78. The molecule has 1 aliphatic carbocycles. The van der Waals surface area contributed by atoms with Gasteiger partial charge >= 0.3 is 5.97 Å². The van der Waals surface area contributed by atoms with Gasteiger partial charge in [-0.15, -0.1) is 11.3 Å². The van der Waals surface area contributed by atoms with E-state index in [0.717, 1.165) is 27.7 Å². The van der Waals surface area contributed by atoms with Crippen molar-refractivity contribution >= 4 is 17.3 Å². The van der Waals surface area contributed by atoms with Crippen LogP contribution < -0.4 is 0 Å². The average molecular weight is 366 g/mol. The third-order valence-electron chi connectivity index (χ3n) is 4.82. The number of esters is 1. The van der Waals surface area contributed by atoms with E-state index in [9.17, 15) is 4.79 Å². The largest absolute Gasteiger partial charge is 0.455 e. The number of aryl methyl sites for hydroxylation is 2. The predicted octanol–water partition coefficient (Wildman–Crippen LogP) is 5.23. The van der Waals surface area contributed by atoms with Crippen molar-refractivity contribution in [2.45, 2.75) is 46.3 Å². The third kappa shape index (κ3) is 3.31. The molecule has 0 atom stereocenters. The molecule has 0 bridgehead atoms. The van der Waals surface area contributed by atoms with Gasteiger partial charge in [-0.05, 0) is 39.7 Å². The molecule has 0 saturated heterocycles. The molecule has 0 N–H and O–H groups in total. The van der Waals surface area contributed by atoms with Gasteiger partial charge in [0.05, 0.1) is 11.3 Å². The number of carbonyl (C=O) groups excluding carboxylic acids is 1. The molecule has 0 aliphatic heterocycles. The van der Waals surface area contributed by atoms with Gasteiger partial charge in [0.25, 0.3) is 0 Å². The number of rotatable bonds is 5. The van der Waals surface area contributed by atoms with Gasteiger partial charge in [0.2, 0.25) is 0 Å². The molecule has 3 aromatic rings. The minimum atomic E-state index is -0.269. The molecule has 1 saturated carbocycles.